The lowest BCUT2D eigenvalue weighted by molar-refractivity contribution is 0.139. The van der Waals surface area contributed by atoms with Crippen molar-refractivity contribution in [2.45, 2.75) is 46.3 Å². The summed E-state index contributed by atoms with van der Waals surface area (Å²) in [5.41, 5.74) is 0.121. The Morgan fingerprint density at radius 3 is 2.17 bits per heavy atom. The van der Waals surface area contributed by atoms with Gasteiger partial charge < -0.3 is 10.1 Å². The Morgan fingerprint density at radius 2 is 1.72 bits per heavy atom. The molecule has 2 nitrogen and oxygen atoms in total. The number of hydrogen-bond donors (Lipinski definition) is 1. The van der Waals surface area contributed by atoms with Gasteiger partial charge in [-0.1, -0.05) is 29.8 Å². The molecule has 1 N–H and O–H groups in total. The van der Waals surface area contributed by atoms with Crippen LogP contribution in [0.5, 0.6) is 5.75 Å². The fraction of sp³-hybridized carbons (Fsp3) is 0.600. The van der Waals surface area contributed by atoms with Crippen molar-refractivity contribution in [3.8, 4) is 5.75 Å². The maximum atomic E-state index is 6.04. The van der Waals surface area contributed by atoms with Crippen LogP contribution in [-0.2, 0) is 0 Å². The number of hydrogen-bond acceptors (Lipinski definition) is 2. The van der Waals surface area contributed by atoms with Crippen molar-refractivity contribution in [2.75, 3.05) is 6.54 Å². The molecule has 18 heavy (non-hydrogen) atoms. The lowest BCUT2D eigenvalue weighted by Gasteiger charge is -2.28. The zero-order valence-electron chi connectivity index (χ0n) is 12.0. The van der Waals surface area contributed by atoms with E-state index in [0.29, 0.717) is 5.92 Å². The Morgan fingerprint density at radius 1 is 1.17 bits per heavy atom. The second kappa shape index (κ2) is 6.58. The molecule has 0 saturated heterocycles. The van der Waals surface area contributed by atoms with Gasteiger partial charge in [0.05, 0.1) is 0 Å². The summed E-state index contributed by atoms with van der Waals surface area (Å²) in [5, 5.41) is 3.50. The zero-order chi connectivity index (χ0) is 13.8. The van der Waals surface area contributed by atoms with Gasteiger partial charge in [-0.3, -0.25) is 0 Å². The van der Waals surface area contributed by atoms with Crippen LogP contribution in [0.3, 0.4) is 0 Å². The van der Waals surface area contributed by atoms with Crippen LogP contribution in [0, 0.1) is 5.92 Å². The van der Waals surface area contributed by atoms with E-state index in [2.05, 4.69) is 55.9 Å². The highest BCUT2D eigenvalue weighted by molar-refractivity contribution is 9.10. The normalized spacial score (nSPS) is 13.7. The van der Waals surface area contributed by atoms with Gasteiger partial charge in [0.1, 0.15) is 11.9 Å². The molecule has 0 aliphatic carbocycles. The summed E-state index contributed by atoms with van der Waals surface area (Å²) in [6, 6.07) is 8.00. The quantitative estimate of drug-likeness (QED) is 0.878. The van der Waals surface area contributed by atoms with Gasteiger partial charge >= 0.3 is 0 Å². The van der Waals surface area contributed by atoms with Crippen molar-refractivity contribution in [3.63, 3.8) is 0 Å². The third-order valence-electron chi connectivity index (χ3n) is 2.68. The highest BCUT2D eigenvalue weighted by atomic mass is 79.9. The van der Waals surface area contributed by atoms with Crippen molar-refractivity contribution in [1.29, 1.82) is 0 Å². The van der Waals surface area contributed by atoms with E-state index in [1.807, 2.05) is 24.3 Å². The SMILES string of the molecule is CC(C)C(CNC(C)(C)C)Oc1ccc(Br)cc1. The second-order valence-corrected chi connectivity index (χ2v) is 6.90. The lowest BCUT2D eigenvalue weighted by Crippen LogP contribution is -2.44. The van der Waals surface area contributed by atoms with Crippen molar-refractivity contribution < 1.29 is 4.74 Å². The molecule has 3 heteroatoms. The fourth-order valence-corrected chi connectivity index (χ4v) is 1.77. The standard InChI is InChI=1S/C15H24BrNO/c1-11(2)14(10-17-15(3,4)5)18-13-8-6-12(16)7-9-13/h6-9,11,14,17H,10H2,1-5H3. The highest BCUT2D eigenvalue weighted by Gasteiger charge is 2.18. The monoisotopic (exact) mass is 313 g/mol. The minimum atomic E-state index is 0.121. The average molecular weight is 314 g/mol. The summed E-state index contributed by atoms with van der Waals surface area (Å²) in [4.78, 5) is 0. The molecule has 0 saturated carbocycles. The van der Waals surface area contributed by atoms with E-state index in [-0.39, 0.29) is 11.6 Å². The Balaban J connectivity index is 2.60. The highest BCUT2D eigenvalue weighted by Crippen LogP contribution is 2.19. The molecule has 0 bridgehead atoms. The van der Waals surface area contributed by atoms with Crippen LogP contribution in [0.15, 0.2) is 28.7 Å². The van der Waals surface area contributed by atoms with Crippen molar-refractivity contribution >= 4 is 15.9 Å². The Kier molecular flexibility index (Phi) is 5.67. The number of halogens is 1. The number of nitrogens with one attached hydrogen (secondary N) is 1. The molecule has 0 aromatic heterocycles. The molecule has 102 valence electrons. The Bertz CT molecular complexity index is 354. The third-order valence-corrected chi connectivity index (χ3v) is 3.21. The van der Waals surface area contributed by atoms with Crippen molar-refractivity contribution in [1.82, 2.24) is 5.32 Å². The van der Waals surface area contributed by atoms with Crippen LogP contribution in [0.1, 0.15) is 34.6 Å². The van der Waals surface area contributed by atoms with E-state index in [9.17, 15) is 0 Å². The molecule has 0 spiro atoms. The molecule has 1 rings (SSSR count). The third kappa shape index (κ3) is 5.87. The van der Waals surface area contributed by atoms with Gasteiger partial charge in [-0.15, -0.1) is 0 Å². The van der Waals surface area contributed by atoms with Crippen LogP contribution in [0.25, 0.3) is 0 Å². The van der Waals surface area contributed by atoms with E-state index in [1.165, 1.54) is 0 Å². The van der Waals surface area contributed by atoms with E-state index < -0.39 is 0 Å². The summed E-state index contributed by atoms with van der Waals surface area (Å²) in [6.07, 6.45) is 0.186. The summed E-state index contributed by atoms with van der Waals surface area (Å²) in [6.45, 7) is 11.7. The van der Waals surface area contributed by atoms with Gasteiger partial charge in [-0.2, -0.15) is 0 Å². The van der Waals surface area contributed by atoms with Gasteiger partial charge in [0.2, 0.25) is 0 Å². The second-order valence-electron chi connectivity index (χ2n) is 5.99. The first-order valence-corrected chi connectivity index (χ1v) is 7.24. The molecule has 1 aromatic carbocycles. The van der Waals surface area contributed by atoms with E-state index in [4.69, 9.17) is 4.74 Å². The predicted octanol–water partition coefficient (Wildman–Crippen LogP) is 4.24. The van der Waals surface area contributed by atoms with Crippen LogP contribution >= 0.6 is 15.9 Å². The Hall–Kier alpha value is -0.540. The smallest absolute Gasteiger partial charge is 0.119 e. The van der Waals surface area contributed by atoms with E-state index in [1.54, 1.807) is 0 Å². The van der Waals surface area contributed by atoms with Crippen LogP contribution in [0.2, 0.25) is 0 Å². The summed E-state index contributed by atoms with van der Waals surface area (Å²) >= 11 is 3.43. The molecule has 1 atom stereocenters. The fourth-order valence-electron chi connectivity index (χ4n) is 1.51. The molecule has 0 radical (unpaired) electrons. The van der Waals surface area contributed by atoms with Gasteiger partial charge in [0.25, 0.3) is 0 Å². The predicted molar refractivity (Wildman–Crippen MR) is 81.2 cm³/mol. The van der Waals surface area contributed by atoms with Gasteiger partial charge in [0, 0.05) is 16.6 Å². The van der Waals surface area contributed by atoms with Crippen LogP contribution < -0.4 is 10.1 Å². The summed E-state index contributed by atoms with van der Waals surface area (Å²) in [7, 11) is 0. The van der Waals surface area contributed by atoms with E-state index >= 15 is 0 Å². The summed E-state index contributed by atoms with van der Waals surface area (Å²) in [5.74, 6) is 1.40. The number of benzene rings is 1. The number of rotatable bonds is 5. The first kappa shape index (κ1) is 15.5. The topological polar surface area (TPSA) is 21.3 Å². The minimum Gasteiger partial charge on any atom is -0.489 e. The molecular weight excluding hydrogens is 290 g/mol. The molecule has 1 unspecified atom stereocenters. The van der Waals surface area contributed by atoms with Crippen molar-refractivity contribution in [2.24, 2.45) is 5.92 Å². The lowest BCUT2D eigenvalue weighted by atomic mass is 10.0. The van der Waals surface area contributed by atoms with Crippen molar-refractivity contribution in [3.05, 3.63) is 28.7 Å². The molecule has 0 aliphatic rings. The maximum absolute atomic E-state index is 6.04. The largest absolute Gasteiger partial charge is 0.489 e. The van der Waals surface area contributed by atoms with Gasteiger partial charge in [0.15, 0.2) is 0 Å². The molecular formula is C15H24BrNO. The molecule has 1 aromatic rings. The molecule has 0 aliphatic heterocycles. The molecule has 0 heterocycles. The zero-order valence-corrected chi connectivity index (χ0v) is 13.5. The van der Waals surface area contributed by atoms with Gasteiger partial charge in [-0.25, -0.2) is 0 Å². The number of ether oxygens (including phenoxy) is 1. The first-order valence-electron chi connectivity index (χ1n) is 6.45. The maximum Gasteiger partial charge on any atom is 0.119 e. The Labute approximate surface area is 119 Å². The molecule has 0 amide bonds. The first-order chi connectivity index (χ1) is 8.28. The van der Waals surface area contributed by atoms with Gasteiger partial charge in [-0.05, 0) is 51.0 Å². The summed E-state index contributed by atoms with van der Waals surface area (Å²) < 4.78 is 7.12. The average Bonchev–Trinajstić information content (AvgIpc) is 2.25. The molecule has 0 fully saturated rings. The minimum absolute atomic E-state index is 0.121. The van der Waals surface area contributed by atoms with Crippen LogP contribution in [0.4, 0.5) is 0 Å². The van der Waals surface area contributed by atoms with Crippen LogP contribution in [-0.4, -0.2) is 18.2 Å². The van der Waals surface area contributed by atoms with E-state index in [0.717, 1.165) is 16.8 Å².